The molecule has 0 atom stereocenters. The first-order valence-corrected chi connectivity index (χ1v) is 8.48. The number of benzene rings is 1. The van der Waals surface area contributed by atoms with Gasteiger partial charge in [0.25, 0.3) is 0 Å². The van der Waals surface area contributed by atoms with Crippen LogP contribution >= 0.6 is 27.7 Å². The molecule has 0 aliphatic rings. The third kappa shape index (κ3) is 5.63. The summed E-state index contributed by atoms with van der Waals surface area (Å²) in [6, 6.07) is 4.11. The number of nitrogens with one attached hydrogen (secondary N) is 1. The Morgan fingerprint density at radius 1 is 1.26 bits per heavy atom. The summed E-state index contributed by atoms with van der Waals surface area (Å²) in [7, 11) is 1.93. The van der Waals surface area contributed by atoms with Crippen LogP contribution < -0.4 is 14.8 Å². The van der Waals surface area contributed by atoms with Crippen LogP contribution in [0, 0.1) is 0 Å². The summed E-state index contributed by atoms with van der Waals surface area (Å²) in [5.41, 5.74) is 1.17. The molecule has 1 aromatic carbocycles. The van der Waals surface area contributed by atoms with Gasteiger partial charge in [0.2, 0.25) is 0 Å². The van der Waals surface area contributed by atoms with Crippen LogP contribution in [0.4, 0.5) is 0 Å². The predicted octanol–water partition coefficient (Wildman–Crippen LogP) is 3.70. The summed E-state index contributed by atoms with van der Waals surface area (Å²) < 4.78 is 12.5. The third-order valence-corrected chi connectivity index (χ3v) is 3.88. The van der Waals surface area contributed by atoms with Gasteiger partial charge in [0.15, 0.2) is 11.5 Å². The van der Waals surface area contributed by atoms with Crippen LogP contribution in [0.2, 0.25) is 0 Å². The molecule has 0 amide bonds. The summed E-state index contributed by atoms with van der Waals surface area (Å²) in [6.07, 6.45) is 0. The molecule has 0 unspecified atom stereocenters. The molecule has 0 saturated carbocycles. The van der Waals surface area contributed by atoms with E-state index >= 15 is 0 Å². The van der Waals surface area contributed by atoms with E-state index in [4.69, 9.17) is 9.47 Å². The van der Waals surface area contributed by atoms with Gasteiger partial charge in [0.05, 0.1) is 17.7 Å². The van der Waals surface area contributed by atoms with E-state index in [1.54, 1.807) is 0 Å². The maximum Gasteiger partial charge on any atom is 0.175 e. The second-order valence-corrected chi connectivity index (χ2v) is 6.16. The van der Waals surface area contributed by atoms with Crippen LogP contribution in [0.15, 0.2) is 16.6 Å². The molecule has 0 radical (unpaired) electrons. The molecule has 0 saturated heterocycles. The normalized spacial score (nSPS) is 10.5. The van der Waals surface area contributed by atoms with E-state index in [1.807, 2.05) is 31.8 Å². The topological polar surface area (TPSA) is 30.5 Å². The Labute approximate surface area is 128 Å². The smallest absolute Gasteiger partial charge is 0.175 e. The maximum absolute atomic E-state index is 5.84. The lowest BCUT2D eigenvalue weighted by molar-refractivity contribution is 0.287. The fraction of sp³-hybridized carbons (Fsp3) is 0.571. The van der Waals surface area contributed by atoms with Crippen molar-refractivity contribution in [1.29, 1.82) is 0 Å². The van der Waals surface area contributed by atoms with Crippen molar-refractivity contribution < 1.29 is 9.47 Å². The highest BCUT2D eigenvalue weighted by atomic mass is 79.9. The fourth-order valence-electron chi connectivity index (χ4n) is 1.68. The van der Waals surface area contributed by atoms with Gasteiger partial charge in [0.1, 0.15) is 0 Å². The van der Waals surface area contributed by atoms with Crippen LogP contribution in [-0.4, -0.2) is 31.8 Å². The van der Waals surface area contributed by atoms with Crippen LogP contribution in [0.1, 0.15) is 19.4 Å². The molecule has 0 aliphatic heterocycles. The minimum atomic E-state index is 0.634. The van der Waals surface area contributed by atoms with Crippen LogP contribution in [0.25, 0.3) is 0 Å². The summed E-state index contributed by atoms with van der Waals surface area (Å²) in [5, 5.41) is 3.14. The van der Waals surface area contributed by atoms with Crippen LogP contribution in [0.5, 0.6) is 11.5 Å². The highest BCUT2D eigenvalue weighted by molar-refractivity contribution is 9.10. The average molecular weight is 348 g/mol. The molecule has 3 nitrogen and oxygen atoms in total. The SMILES string of the molecule is CCOc1cc(CNC)cc(Br)c1OCCSCC. The lowest BCUT2D eigenvalue weighted by Crippen LogP contribution is -2.08. The first-order chi connectivity index (χ1) is 9.22. The zero-order valence-electron chi connectivity index (χ0n) is 11.8. The van der Waals surface area contributed by atoms with Gasteiger partial charge in [-0.15, -0.1) is 0 Å². The van der Waals surface area contributed by atoms with Crippen LogP contribution in [0.3, 0.4) is 0 Å². The number of hydrogen-bond donors (Lipinski definition) is 1. The molecule has 0 aliphatic carbocycles. The third-order valence-electron chi connectivity index (χ3n) is 2.43. The number of rotatable bonds is 9. The molecule has 0 bridgehead atoms. The molecular formula is C14H22BrNO2S. The van der Waals surface area contributed by atoms with Crippen molar-refractivity contribution in [3.63, 3.8) is 0 Å². The maximum atomic E-state index is 5.84. The summed E-state index contributed by atoms with van der Waals surface area (Å²) in [6.45, 7) is 6.27. The Balaban J connectivity index is 2.81. The van der Waals surface area contributed by atoms with E-state index in [9.17, 15) is 0 Å². The van der Waals surface area contributed by atoms with Crippen molar-refractivity contribution in [2.24, 2.45) is 0 Å². The standard InChI is InChI=1S/C14H22BrNO2S/c1-4-17-13-9-11(10-16-3)8-12(15)14(13)18-6-7-19-5-2/h8-9,16H,4-7,10H2,1-3H3. The second-order valence-electron chi connectivity index (χ2n) is 3.91. The van der Waals surface area contributed by atoms with Gasteiger partial charge >= 0.3 is 0 Å². The van der Waals surface area contributed by atoms with Gasteiger partial charge in [-0.3, -0.25) is 0 Å². The Kier molecular flexibility index (Phi) is 8.34. The Morgan fingerprint density at radius 3 is 2.68 bits per heavy atom. The number of halogens is 1. The number of ether oxygens (including phenoxy) is 2. The van der Waals surface area contributed by atoms with E-state index in [2.05, 4.69) is 34.2 Å². The largest absolute Gasteiger partial charge is 0.490 e. The highest BCUT2D eigenvalue weighted by Crippen LogP contribution is 2.37. The van der Waals surface area contributed by atoms with Crippen molar-refractivity contribution in [3.05, 3.63) is 22.2 Å². The molecule has 0 heterocycles. The Bertz CT molecular complexity index is 388. The van der Waals surface area contributed by atoms with Gasteiger partial charge in [-0.1, -0.05) is 6.92 Å². The van der Waals surface area contributed by atoms with Crippen molar-refractivity contribution >= 4 is 27.7 Å². The average Bonchev–Trinajstić information content (AvgIpc) is 2.38. The predicted molar refractivity (Wildman–Crippen MR) is 86.6 cm³/mol. The van der Waals surface area contributed by atoms with Crippen molar-refractivity contribution in [2.75, 3.05) is 31.8 Å². The quantitative estimate of drug-likeness (QED) is 0.690. The van der Waals surface area contributed by atoms with Crippen molar-refractivity contribution in [2.45, 2.75) is 20.4 Å². The first-order valence-electron chi connectivity index (χ1n) is 6.53. The van der Waals surface area contributed by atoms with Crippen LogP contribution in [-0.2, 0) is 6.54 Å². The molecule has 1 aromatic rings. The Hall–Kier alpha value is -0.390. The zero-order chi connectivity index (χ0) is 14.1. The van der Waals surface area contributed by atoms with Gasteiger partial charge < -0.3 is 14.8 Å². The Morgan fingerprint density at radius 2 is 2.05 bits per heavy atom. The molecular weight excluding hydrogens is 326 g/mol. The molecule has 108 valence electrons. The zero-order valence-corrected chi connectivity index (χ0v) is 14.2. The van der Waals surface area contributed by atoms with Gasteiger partial charge in [-0.2, -0.15) is 11.8 Å². The van der Waals surface area contributed by atoms with Gasteiger partial charge in [-0.25, -0.2) is 0 Å². The monoisotopic (exact) mass is 347 g/mol. The first kappa shape index (κ1) is 16.7. The fourth-order valence-corrected chi connectivity index (χ4v) is 2.77. The lowest BCUT2D eigenvalue weighted by atomic mass is 10.2. The van der Waals surface area contributed by atoms with E-state index in [-0.39, 0.29) is 0 Å². The minimum Gasteiger partial charge on any atom is -0.490 e. The van der Waals surface area contributed by atoms with E-state index < -0.39 is 0 Å². The van der Waals surface area contributed by atoms with Crippen molar-refractivity contribution in [1.82, 2.24) is 5.32 Å². The second kappa shape index (κ2) is 9.50. The number of thioether (sulfide) groups is 1. The lowest BCUT2D eigenvalue weighted by Gasteiger charge is -2.15. The molecule has 1 rings (SSSR count). The molecule has 5 heteroatoms. The summed E-state index contributed by atoms with van der Waals surface area (Å²) in [4.78, 5) is 0. The minimum absolute atomic E-state index is 0.634. The van der Waals surface area contributed by atoms with Gasteiger partial charge in [0, 0.05) is 12.3 Å². The molecule has 1 N–H and O–H groups in total. The molecule has 0 aromatic heterocycles. The van der Waals surface area contributed by atoms with E-state index in [1.165, 1.54) is 5.56 Å². The van der Waals surface area contributed by atoms with Gasteiger partial charge in [-0.05, 0) is 53.4 Å². The van der Waals surface area contributed by atoms with E-state index in [0.29, 0.717) is 13.2 Å². The molecule has 0 fully saturated rings. The van der Waals surface area contributed by atoms with E-state index in [0.717, 1.165) is 34.0 Å². The summed E-state index contributed by atoms with van der Waals surface area (Å²) >= 11 is 5.44. The molecule has 0 spiro atoms. The summed E-state index contributed by atoms with van der Waals surface area (Å²) in [5.74, 6) is 3.72. The number of hydrogen-bond acceptors (Lipinski definition) is 4. The highest BCUT2D eigenvalue weighted by Gasteiger charge is 2.12. The molecule has 19 heavy (non-hydrogen) atoms. The van der Waals surface area contributed by atoms with Crippen molar-refractivity contribution in [3.8, 4) is 11.5 Å².